The molecule has 2 aliphatic heterocycles. The molecule has 2 rings (SSSR count). The predicted octanol–water partition coefficient (Wildman–Crippen LogP) is 0.875. The molecule has 2 bridgehead atoms. The predicted molar refractivity (Wildman–Crippen MR) is 60.3 cm³/mol. The summed E-state index contributed by atoms with van der Waals surface area (Å²) >= 11 is 0. The summed E-state index contributed by atoms with van der Waals surface area (Å²) in [5, 5.41) is 10.3. The Morgan fingerprint density at radius 2 is 2.06 bits per heavy atom. The number of hydrogen-bond donors (Lipinski definition) is 1. The molecule has 3 atom stereocenters. The Hall–Kier alpha value is -0.680. The lowest BCUT2D eigenvalue weighted by molar-refractivity contribution is -0.167. The number of rotatable bonds is 3. The Bertz CT molecular complexity index is 296. The van der Waals surface area contributed by atoms with Crippen LogP contribution in [0.2, 0.25) is 0 Å². The van der Waals surface area contributed by atoms with E-state index in [1.807, 2.05) is 7.05 Å². The van der Waals surface area contributed by atoms with Crippen LogP contribution in [0.3, 0.4) is 0 Å². The van der Waals surface area contributed by atoms with Gasteiger partial charge in [0.25, 0.3) is 0 Å². The van der Waals surface area contributed by atoms with Gasteiger partial charge in [0.05, 0.1) is 6.61 Å². The van der Waals surface area contributed by atoms with Gasteiger partial charge in [-0.1, -0.05) is 0 Å². The van der Waals surface area contributed by atoms with Crippen molar-refractivity contribution >= 4 is 5.97 Å². The average Bonchev–Trinajstić information content (AvgIpc) is 2.53. The van der Waals surface area contributed by atoms with Gasteiger partial charge in [0, 0.05) is 12.1 Å². The number of nitrogens with zero attached hydrogens (tertiary/aromatic N) is 1. The standard InChI is InChI=1S/C12H20FNO3/c1-3-17-11(15)10(13)12(16)6-8-4-5-9(7-12)14(8)2/h8-10,16H,3-7H2,1-2H3. The SMILES string of the molecule is CCOC(=O)C(F)C1(O)CC2CCC(C1)N2C. The van der Waals surface area contributed by atoms with Gasteiger partial charge in [-0.3, -0.25) is 0 Å². The van der Waals surface area contributed by atoms with Crippen LogP contribution in [0.1, 0.15) is 32.6 Å². The fourth-order valence-corrected chi connectivity index (χ4v) is 3.12. The van der Waals surface area contributed by atoms with Crippen LogP contribution in [-0.2, 0) is 9.53 Å². The first-order valence-electron chi connectivity index (χ1n) is 6.23. The van der Waals surface area contributed by atoms with E-state index in [0.717, 1.165) is 12.8 Å². The van der Waals surface area contributed by atoms with Crippen molar-refractivity contribution in [2.75, 3.05) is 13.7 Å². The third kappa shape index (κ3) is 2.18. The first-order chi connectivity index (χ1) is 7.98. The third-order valence-corrected chi connectivity index (χ3v) is 4.13. The van der Waals surface area contributed by atoms with E-state index in [9.17, 15) is 14.3 Å². The molecule has 0 aromatic heterocycles. The molecule has 0 aliphatic carbocycles. The van der Waals surface area contributed by atoms with Crippen LogP contribution in [-0.4, -0.2) is 53.5 Å². The van der Waals surface area contributed by atoms with Crippen molar-refractivity contribution in [2.45, 2.75) is 56.5 Å². The van der Waals surface area contributed by atoms with Crippen LogP contribution in [0.15, 0.2) is 0 Å². The van der Waals surface area contributed by atoms with Gasteiger partial charge in [-0.2, -0.15) is 0 Å². The molecule has 2 saturated heterocycles. The minimum atomic E-state index is -1.92. The molecule has 0 aromatic rings. The van der Waals surface area contributed by atoms with Crippen LogP contribution in [0.5, 0.6) is 0 Å². The second kappa shape index (κ2) is 4.53. The highest BCUT2D eigenvalue weighted by Gasteiger charge is 2.52. The van der Waals surface area contributed by atoms with E-state index in [0.29, 0.717) is 12.8 Å². The Balaban J connectivity index is 2.07. The summed E-state index contributed by atoms with van der Waals surface area (Å²) in [6.45, 7) is 1.77. The van der Waals surface area contributed by atoms with Crippen LogP contribution in [0.25, 0.3) is 0 Å². The number of carbonyl (C=O) groups excluding carboxylic acids is 1. The van der Waals surface area contributed by atoms with Gasteiger partial charge < -0.3 is 14.7 Å². The van der Waals surface area contributed by atoms with E-state index in [1.165, 1.54) is 0 Å². The van der Waals surface area contributed by atoms with Crippen molar-refractivity contribution in [1.29, 1.82) is 0 Å². The number of hydrogen-bond acceptors (Lipinski definition) is 4. The van der Waals surface area contributed by atoms with Crippen molar-refractivity contribution in [3.05, 3.63) is 0 Å². The van der Waals surface area contributed by atoms with Crippen LogP contribution in [0.4, 0.5) is 4.39 Å². The van der Waals surface area contributed by atoms with Crippen molar-refractivity contribution in [2.24, 2.45) is 0 Å². The summed E-state index contributed by atoms with van der Waals surface area (Å²) < 4.78 is 18.7. The summed E-state index contributed by atoms with van der Waals surface area (Å²) in [4.78, 5) is 13.6. The van der Waals surface area contributed by atoms with E-state index in [2.05, 4.69) is 9.64 Å². The molecular weight excluding hydrogens is 225 g/mol. The first kappa shape index (κ1) is 12.8. The summed E-state index contributed by atoms with van der Waals surface area (Å²) in [6, 6.07) is 0.373. The molecule has 2 aliphatic rings. The molecule has 1 N–H and O–H groups in total. The van der Waals surface area contributed by atoms with E-state index in [-0.39, 0.29) is 18.7 Å². The Labute approximate surface area is 101 Å². The molecule has 0 spiro atoms. The third-order valence-electron chi connectivity index (χ3n) is 4.13. The monoisotopic (exact) mass is 245 g/mol. The Kier molecular flexibility index (Phi) is 3.41. The van der Waals surface area contributed by atoms with Crippen LogP contribution >= 0.6 is 0 Å². The fourth-order valence-electron chi connectivity index (χ4n) is 3.12. The number of alkyl halides is 1. The largest absolute Gasteiger partial charge is 0.464 e. The van der Waals surface area contributed by atoms with Crippen molar-refractivity contribution in [3.8, 4) is 0 Å². The summed E-state index contributed by atoms with van der Waals surface area (Å²) in [6.07, 6.45) is 0.664. The molecule has 0 amide bonds. The van der Waals surface area contributed by atoms with Gasteiger partial charge in [0.15, 0.2) is 0 Å². The molecule has 0 aromatic carbocycles. The summed E-state index contributed by atoms with van der Waals surface area (Å²) in [5.74, 6) is -0.932. The molecule has 98 valence electrons. The molecule has 0 radical (unpaired) electrons. The first-order valence-corrected chi connectivity index (χ1v) is 6.23. The van der Waals surface area contributed by atoms with Gasteiger partial charge >= 0.3 is 5.97 Å². The highest BCUT2D eigenvalue weighted by atomic mass is 19.1. The zero-order chi connectivity index (χ0) is 12.6. The number of esters is 1. The molecule has 5 heteroatoms. The van der Waals surface area contributed by atoms with E-state index in [4.69, 9.17) is 0 Å². The maximum absolute atomic E-state index is 14.0. The van der Waals surface area contributed by atoms with E-state index < -0.39 is 17.7 Å². The van der Waals surface area contributed by atoms with Crippen LogP contribution in [0, 0.1) is 0 Å². The normalized spacial score (nSPS) is 39.1. The molecule has 0 saturated carbocycles. The van der Waals surface area contributed by atoms with Crippen molar-refractivity contribution in [3.63, 3.8) is 0 Å². The van der Waals surface area contributed by atoms with E-state index >= 15 is 0 Å². The molecular formula is C12H20FNO3. The van der Waals surface area contributed by atoms with Crippen molar-refractivity contribution < 1.29 is 19.0 Å². The summed E-state index contributed by atoms with van der Waals surface area (Å²) in [7, 11) is 2.00. The smallest absolute Gasteiger partial charge is 0.343 e. The molecule has 2 heterocycles. The number of fused-ring (bicyclic) bond motifs is 2. The zero-order valence-electron chi connectivity index (χ0n) is 10.4. The van der Waals surface area contributed by atoms with Gasteiger partial charge in [0.2, 0.25) is 6.17 Å². The molecule has 4 nitrogen and oxygen atoms in total. The Morgan fingerprint density at radius 1 is 1.53 bits per heavy atom. The lowest BCUT2D eigenvalue weighted by Crippen LogP contribution is -2.56. The minimum absolute atomic E-state index is 0.141. The second-order valence-electron chi connectivity index (χ2n) is 5.18. The quantitative estimate of drug-likeness (QED) is 0.750. The lowest BCUT2D eigenvalue weighted by Gasteiger charge is -2.42. The average molecular weight is 245 g/mol. The zero-order valence-corrected chi connectivity index (χ0v) is 10.4. The number of ether oxygens (including phenoxy) is 1. The second-order valence-corrected chi connectivity index (χ2v) is 5.18. The number of halogens is 1. The Morgan fingerprint density at radius 3 is 2.53 bits per heavy atom. The van der Waals surface area contributed by atoms with Gasteiger partial charge in [-0.25, -0.2) is 9.18 Å². The number of aliphatic hydroxyl groups is 1. The van der Waals surface area contributed by atoms with Gasteiger partial charge in [-0.15, -0.1) is 0 Å². The summed E-state index contributed by atoms with van der Waals surface area (Å²) in [5.41, 5.74) is -1.54. The molecule has 3 unspecified atom stereocenters. The van der Waals surface area contributed by atoms with E-state index in [1.54, 1.807) is 6.92 Å². The highest BCUT2D eigenvalue weighted by molar-refractivity contribution is 5.76. The van der Waals surface area contributed by atoms with Gasteiger partial charge in [0.1, 0.15) is 5.60 Å². The molecule has 2 fully saturated rings. The highest BCUT2D eigenvalue weighted by Crippen LogP contribution is 2.42. The number of piperidine rings is 1. The topological polar surface area (TPSA) is 49.8 Å². The minimum Gasteiger partial charge on any atom is -0.464 e. The van der Waals surface area contributed by atoms with Gasteiger partial charge in [-0.05, 0) is 39.7 Å². The maximum Gasteiger partial charge on any atom is 0.343 e. The van der Waals surface area contributed by atoms with Crippen molar-refractivity contribution in [1.82, 2.24) is 4.90 Å². The van der Waals surface area contributed by atoms with Crippen LogP contribution < -0.4 is 0 Å². The maximum atomic E-state index is 14.0. The molecule has 17 heavy (non-hydrogen) atoms. The fraction of sp³-hybridized carbons (Fsp3) is 0.917. The number of carbonyl (C=O) groups is 1. The lowest BCUT2D eigenvalue weighted by atomic mass is 9.82.